The third-order valence-corrected chi connectivity index (χ3v) is 2.49. The SMILES string of the molecule is CNC(C)(CN)CC1CC1. The third-order valence-electron chi connectivity index (χ3n) is 2.49. The van der Waals surface area contributed by atoms with Crippen molar-refractivity contribution in [3.8, 4) is 0 Å². The largest absolute Gasteiger partial charge is 0.329 e. The molecular formula is C8H18N2. The van der Waals surface area contributed by atoms with Gasteiger partial charge in [0.05, 0.1) is 0 Å². The van der Waals surface area contributed by atoms with Crippen LogP contribution in [0.5, 0.6) is 0 Å². The minimum absolute atomic E-state index is 0.196. The number of likely N-dealkylation sites (N-methyl/N-ethyl adjacent to an activating group) is 1. The van der Waals surface area contributed by atoms with Crippen molar-refractivity contribution in [3.05, 3.63) is 0 Å². The smallest absolute Gasteiger partial charge is 0.0275 e. The van der Waals surface area contributed by atoms with Gasteiger partial charge in [0.25, 0.3) is 0 Å². The Morgan fingerprint density at radius 3 is 2.50 bits per heavy atom. The van der Waals surface area contributed by atoms with Crippen molar-refractivity contribution in [2.75, 3.05) is 13.6 Å². The van der Waals surface area contributed by atoms with Crippen LogP contribution < -0.4 is 11.1 Å². The predicted molar refractivity (Wildman–Crippen MR) is 43.9 cm³/mol. The van der Waals surface area contributed by atoms with Gasteiger partial charge in [-0.2, -0.15) is 0 Å². The predicted octanol–water partition coefficient (Wildman–Crippen LogP) is 0.723. The number of hydrogen-bond acceptors (Lipinski definition) is 2. The fourth-order valence-electron chi connectivity index (χ4n) is 1.25. The molecule has 1 aliphatic rings. The summed E-state index contributed by atoms with van der Waals surface area (Å²) in [4.78, 5) is 0. The zero-order chi connectivity index (χ0) is 7.61. The number of nitrogens with two attached hydrogens (primary N) is 1. The fourth-order valence-corrected chi connectivity index (χ4v) is 1.25. The molecule has 0 aromatic carbocycles. The second-order valence-electron chi connectivity index (χ2n) is 3.66. The van der Waals surface area contributed by atoms with E-state index in [0.29, 0.717) is 0 Å². The summed E-state index contributed by atoms with van der Waals surface area (Å²) in [5.74, 6) is 0.959. The van der Waals surface area contributed by atoms with Crippen LogP contribution in [0.3, 0.4) is 0 Å². The number of hydrogen-bond donors (Lipinski definition) is 2. The highest BCUT2D eigenvalue weighted by atomic mass is 15.0. The quantitative estimate of drug-likeness (QED) is 0.607. The molecule has 60 valence electrons. The topological polar surface area (TPSA) is 38.0 Å². The first-order valence-electron chi connectivity index (χ1n) is 4.09. The Hall–Kier alpha value is -0.0800. The zero-order valence-electron chi connectivity index (χ0n) is 6.98. The van der Waals surface area contributed by atoms with Gasteiger partial charge in [0, 0.05) is 12.1 Å². The van der Waals surface area contributed by atoms with Gasteiger partial charge in [0.1, 0.15) is 0 Å². The molecule has 0 bridgehead atoms. The molecule has 0 aromatic rings. The highest BCUT2D eigenvalue weighted by molar-refractivity contribution is 4.89. The summed E-state index contributed by atoms with van der Waals surface area (Å²) >= 11 is 0. The molecule has 1 fully saturated rings. The maximum Gasteiger partial charge on any atom is 0.0275 e. The zero-order valence-corrected chi connectivity index (χ0v) is 6.98. The maximum absolute atomic E-state index is 5.63. The summed E-state index contributed by atoms with van der Waals surface area (Å²) in [6.07, 6.45) is 4.08. The molecule has 0 heterocycles. The van der Waals surface area contributed by atoms with Gasteiger partial charge in [0.15, 0.2) is 0 Å². The van der Waals surface area contributed by atoms with Crippen LogP contribution in [0.25, 0.3) is 0 Å². The van der Waals surface area contributed by atoms with E-state index >= 15 is 0 Å². The van der Waals surface area contributed by atoms with Crippen LogP contribution in [0.15, 0.2) is 0 Å². The lowest BCUT2D eigenvalue weighted by molar-refractivity contribution is 0.348. The molecule has 0 aliphatic heterocycles. The molecule has 0 saturated heterocycles. The van der Waals surface area contributed by atoms with Crippen molar-refractivity contribution >= 4 is 0 Å². The van der Waals surface area contributed by atoms with Crippen LogP contribution in [-0.2, 0) is 0 Å². The number of nitrogens with one attached hydrogen (secondary N) is 1. The van der Waals surface area contributed by atoms with Crippen LogP contribution in [0.1, 0.15) is 26.2 Å². The molecular weight excluding hydrogens is 124 g/mol. The van der Waals surface area contributed by atoms with E-state index in [4.69, 9.17) is 5.73 Å². The van der Waals surface area contributed by atoms with Crippen LogP contribution in [0.2, 0.25) is 0 Å². The fraction of sp³-hybridized carbons (Fsp3) is 1.00. The van der Waals surface area contributed by atoms with E-state index < -0.39 is 0 Å². The molecule has 1 atom stereocenters. The molecule has 2 nitrogen and oxygen atoms in total. The second-order valence-corrected chi connectivity index (χ2v) is 3.66. The van der Waals surface area contributed by atoms with Crippen LogP contribution in [0.4, 0.5) is 0 Å². The van der Waals surface area contributed by atoms with Gasteiger partial charge < -0.3 is 11.1 Å². The Bertz CT molecular complexity index is 104. The Kier molecular flexibility index (Phi) is 2.32. The normalized spacial score (nSPS) is 24.3. The molecule has 1 aliphatic carbocycles. The Labute approximate surface area is 63.2 Å². The highest BCUT2D eigenvalue weighted by Crippen LogP contribution is 2.36. The van der Waals surface area contributed by atoms with Gasteiger partial charge in [-0.05, 0) is 26.3 Å². The molecule has 10 heavy (non-hydrogen) atoms. The molecule has 0 radical (unpaired) electrons. The molecule has 0 aromatic heterocycles. The molecule has 0 amide bonds. The summed E-state index contributed by atoms with van der Waals surface area (Å²) in [7, 11) is 2.00. The summed E-state index contributed by atoms with van der Waals surface area (Å²) in [6.45, 7) is 2.95. The summed E-state index contributed by atoms with van der Waals surface area (Å²) in [5, 5.41) is 3.27. The molecule has 1 rings (SSSR count). The van der Waals surface area contributed by atoms with E-state index in [9.17, 15) is 0 Å². The summed E-state index contributed by atoms with van der Waals surface area (Å²) < 4.78 is 0. The standard InChI is InChI=1S/C8H18N2/c1-8(6-9,10-2)5-7-3-4-7/h7,10H,3-6,9H2,1-2H3. The Morgan fingerprint density at radius 2 is 2.20 bits per heavy atom. The summed E-state index contributed by atoms with van der Waals surface area (Å²) in [5.41, 5.74) is 5.83. The van der Waals surface area contributed by atoms with E-state index in [1.807, 2.05) is 7.05 Å². The van der Waals surface area contributed by atoms with Crippen molar-refractivity contribution in [1.82, 2.24) is 5.32 Å². The molecule has 1 saturated carbocycles. The average Bonchev–Trinajstić information content (AvgIpc) is 2.72. The Balaban J connectivity index is 2.29. The van der Waals surface area contributed by atoms with E-state index in [1.54, 1.807) is 0 Å². The third kappa shape index (κ3) is 1.96. The van der Waals surface area contributed by atoms with Crippen molar-refractivity contribution in [2.24, 2.45) is 11.7 Å². The van der Waals surface area contributed by atoms with Crippen molar-refractivity contribution in [1.29, 1.82) is 0 Å². The van der Waals surface area contributed by atoms with Gasteiger partial charge in [-0.1, -0.05) is 12.8 Å². The van der Waals surface area contributed by atoms with E-state index in [-0.39, 0.29) is 5.54 Å². The second kappa shape index (κ2) is 2.89. The maximum atomic E-state index is 5.63. The van der Waals surface area contributed by atoms with Crippen LogP contribution in [0, 0.1) is 5.92 Å². The van der Waals surface area contributed by atoms with Gasteiger partial charge in [0.2, 0.25) is 0 Å². The lowest BCUT2D eigenvalue weighted by Gasteiger charge is -2.27. The van der Waals surface area contributed by atoms with Gasteiger partial charge in [-0.3, -0.25) is 0 Å². The lowest BCUT2D eigenvalue weighted by Crippen LogP contribution is -2.46. The first-order valence-corrected chi connectivity index (χ1v) is 4.09. The molecule has 3 N–H and O–H groups in total. The van der Waals surface area contributed by atoms with Gasteiger partial charge >= 0.3 is 0 Å². The van der Waals surface area contributed by atoms with Crippen LogP contribution >= 0.6 is 0 Å². The minimum atomic E-state index is 0.196. The van der Waals surface area contributed by atoms with Crippen molar-refractivity contribution in [2.45, 2.75) is 31.7 Å². The first-order chi connectivity index (χ1) is 4.70. The van der Waals surface area contributed by atoms with E-state index in [2.05, 4.69) is 12.2 Å². The van der Waals surface area contributed by atoms with Crippen molar-refractivity contribution < 1.29 is 0 Å². The van der Waals surface area contributed by atoms with E-state index in [0.717, 1.165) is 12.5 Å². The first kappa shape index (κ1) is 8.02. The van der Waals surface area contributed by atoms with Gasteiger partial charge in [-0.25, -0.2) is 0 Å². The average molecular weight is 142 g/mol. The number of rotatable bonds is 4. The monoisotopic (exact) mass is 142 g/mol. The van der Waals surface area contributed by atoms with Crippen LogP contribution in [-0.4, -0.2) is 19.1 Å². The molecule has 2 heteroatoms. The van der Waals surface area contributed by atoms with Crippen molar-refractivity contribution in [3.63, 3.8) is 0 Å². The van der Waals surface area contributed by atoms with E-state index in [1.165, 1.54) is 19.3 Å². The lowest BCUT2D eigenvalue weighted by atomic mass is 9.95. The highest BCUT2D eigenvalue weighted by Gasteiger charge is 2.30. The minimum Gasteiger partial charge on any atom is -0.329 e. The molecule has 1 unspecified atom stereocenters. The summed E-state index contributed by atoms with van der Waals surface area (Å²) in [6, 6.07) is 0. The Morgan fingerprint density at radius 1 is 1.60 bits per heavy atom. The molecule has 0 spiro atoms. The van der Waals surface area contributed by atoms with Gasteiger partial charge in [-0.15, -0.1) is 0 Å².